The summed E-state index contributed by atoms with van der Waals surface area (Å²) in [4.78, 5) is 16.5. The highest BCUT2D eigenvalue weighted by atomic mass is 32.2. The number of hydroxylamine groups is 2. The van der Waals surface area contributed by atoms with E-state index in [0.29, 0.717) is 0 Å². The van der Waals surface area contributed by atoms with Gasteiger partial charge in [-0.25, -0.2) is 4.79 Å². The normalized spacial score (nSPS) is 21.6. The molecule has 17 heavy (non-hydrogen) atoms. The summed E-state index contributed by atoms with van der Waals surface area (Å²) in [6.07, 6.45) is -0.391. The van der Waals surface area contributed by atoms with Crippen LogP contribution in [0.4, 0.5) is 4.79 Å². The molecule has 1 saturated heterocycles. The first-order valence-corrected chi connectivity index (χ1v) is 6.90. The van der Waals surface area contributed by atoms with Crippen LogP contribution in [0.15, 0.2) is 0 Å². The van der Waals surface area contributed by atoms with E-state index in [1.807, 2.05) is 0 Å². The second-order valence-electron chi connectivity index (χ2n) is 4.76. The van der Waals surface area contributed by atoms with E-state index in [9.17, 15) is 13.2 Å². The first-order chi connectivity index (χ1) is 7.57. The van der Waals surface area contributed by atoms with Crippen molar-refractivity contribution in [3.05, 3.63) is 0 Å². The van der Waals surface area contributed by atoms with Crippen LogP contribution < -0.4 is 0 Å². The fraction of sp³-hybridized carbons (Fsp3) is 0.889. The number of carbonyl (C=O) groups is 1. The van der Waals surface area contributed by atoms with E-state index < -0.39 is 27.9 Å². The number of rotatable bonds is 2. The maximum Gasteiger partial charge on any atom is 0.434 e. The van der Waals surface area contributed by atoms with E-state index in [1.165, 1.54) is 0 Å². The zero-order valence-electron chi connectivity index (χ0n) is 10.3. The molecule has 0 radical (unpaired) electrons. The Morgan fingerprint density at radius 3 is 2.47 bits per heavy atom. The Morgan fingerprint density at radius 1 is 1.41 bits per heavy atom. The summed E-state index contributed by atoms with van der Waals surface area (Å²) < 4.78 is 31.5. The minimum absolute atomic E-state index is 0.00626. The number of nitrogens with zero attached hydrogens (tertiary/aromatic N) is 1. The fourth-order valence-corrected chi connectivity index (χ4v) is 1.82. The van der Waals surface area contributed by atoms with Crippen LogP contribution in [0.2, 0.25) is 0 Å². The molecule has 1 amide bonds. The lowest BCUT2D eigenvalue weighted by atomic mass is 10.2. The summed E-state index contributed by atoms with van der Waals surface area (Å²) in [6, 6.07) is 0. The molecule has 0 aliphatic carbocycles. The van der Waals surface area contributed by atoms with Crippen molar-refractivity contribution in [2.45, 2.75) is 32.5 Å². The summed E-state index contributed by atoms with van der Waals surface area (Å²) in [7, 11) is -3.55. The van der Waals surface area contributed by atoms with Gasteiger partial charge in [-0.15, -0.1) is 0 Å². The minimum Gasteiger partial charge on any atom is -0.442 e. The van der Waals surface area contributed by atoms with Gasteiger partial charge in [-0.1, -0.05) is 0 Å². The van der Waals surface area contributed by atoms with Crippen LogP contribution >= 0.6 is 0 Å². The van der Waals surface area contributed by atoms with Gasteiger partial charge in [0.05, 0.1) is 12.8 Å². The molecular formula is C9H17NO6S. The Morgan fingerprint density at radius 2 is 2.00 bits per heavy atom. The van der Waals surface area contributed by atoms with Gasteiger partial charge in [-0.05, 0) is 20.8 Å². The van der Waals surface area contributed by atoms with Gasteiger partial charge in [-0.3, -0.25) is 9.02 Å². The maximum absolute atomic E-state index is 11.5. The average molecular weight is 267 g/mol. The van der Waals surface area contributed by atoms with Gasteiger partial charge in [0.15, 0.2) is 0 Å². The van der Waals surface area contributed by atoms with E-state index in [0.717, 1.165) is 11.3 Å². The van der Waals surface area contributed by atoms with Gasteiger partial charge in [0.25, 0.3) is 10.1 Å². The van der Waals surface area contributed by atoms with Crippen molar-refractivity contribution in [1.82, 2.24) is 5.06 Å². The van der Waals surface area contributed by atoms with Crippen molar-refractivity contribution in [3.63, 3.8) is 0 Å². The molecule has 8 heteroatoms. The topological polar surface area (TPSA) is 82.1 Å². The van der Waals surface area contributed by atoms with Gasteiger partial charge < -0.3 is 4.74 Å². The van der Waals surface area contributed by atoms with Gasteiger partial charge in [0.1, 0.15) is 18.3 Å². The number of hydrogen-bond acceptors (Lipinski definition) is 6. The molecule has 1 unspecified atom stereocenters. The number of hydrogen-bond donors (Lipinski definition) is 0. The van der Waals surface area contributed by atoms with Crippen LogP contribution in [-0.2, 0) is 23.9 Å². The molecule has 0 spiro atoms. The second-order valence-corrected chi connectivity index (χ2v) is 6.36. The molecule has 1 atom stereocenters. The second kappa shape index (κ2) is 4.79. The fourth-order valence-electron chi connectivity index (χ4n) is 1.21. The summed E-state index contributed by atoms with van der Waals surface area (Å²) >= 11 is 0. The number of ether oxygens (including phenoxy) is 1. The van der Waals surface area contributed by atoms with Crippen LogP contribution in [-0.4, -0.2) is 50.7 Å². The van der Waals surface area contributed by atoms with Gasteiger partial charge >= 0.3 is 6.09 Å². The van der Waals surface area contributed by atoms with Gasteiger partial charge in [0.2, 0.25) is 0 Å². The van der Waals surface area contributed by atoms with Crippen LogP contribution in [0.5, 0.6) is 0 Å². The number of carbonyl (C=O) groups excluding carboxylic acids is 1. The quantitative estimate of drug-likeness (QED) is 0.678. The van der Waals surface area contributed by atoms with Gasteiger partial charge in [-0.2, -0.15) is 13.5 Å². The number of amides is 1. The molecule has 1 rings (SSSR count). The largest absolute Gasteiger partial charge is 0.442 e. The molecule has 0 aromatic carbocycles. The highest BCUT2D eigenvalue weighted by Gasteiger charge is 2.33. The maximum atomic E-state index is 11.5. The molecule has 7 nitrogen and oxygen atoms in total. The SMILES string of the molecule is CC(C)(C)OC(=O)N1CC(OS(C)(=O)=O)CO1. The molecule has 0 bridgehead atoms. The summed E-state index contributed by atoms with van der Waals surface area (Å²) in [5.41, 5.74) is -0.629. The van der Waals surface area contributed by atoms with Gasteiger partial charge in [0, 0.05) is 0 Å². The first kappa shape index (κ1) is 14.2. The van der Waals surface area contributed by atoms with Crippen molar-refractivity contribution in [2.24, 2.45) is 0 Å². The molecule has 1 heterocycles. The van der Waals surface area contributed by atoms with E-state index in [4.69, 9.17) is 13.8 Å². The lowest BCUT2D eigenvalue weighted by Gasteiger charge is -2.23. The summed E-state index contributed by atoms with van der Waals surface area (Å²) in [5.74, 6) is 0. The zero-order chi connectivity index (χ0) is 13.3. The third kappa shape index (κ3) is 5.33. The van der Waals surface area contributed by atoms with E-state index in [-0.39, 0.29) is 13.2 Å². The highest BCUT2D eigenvalue weighted by Crippen LogP contribution is 2.16. The molecule has 1 aliphatic heterocycles. The monoisotopic (exact) mass is 267 g/mol. The van der Waals surface area contributed by atoms with E-state index >= 15 is 0 Å². The molecule has 0 aromatic rings. The van der Waals surface area contributed by atoms with Crippen LogP contribution in [0, 0.1) is 0 Å². The molecule has 0 saturated carbocycles. The molecule has 100 valence electrons. The van der Waals surface area contributed by atoms with Crippen molar-refractivity contribution < 1.29 is 27.0 Å². The summed E-state index contributed by atoms with van der Waals surface area (Å²) in [5, 5.41) is 0.959. The third-order valence-corrected chi connectivity index (χ3v) is 2.32. The Labute approximate surface area is 101 Å². The third-order valence-electron chi connectivity index (χ3n) is 1.69. The Hall–Kier alpha value is -0.860. The Balaban J connectivity index is 2.48. The molecular weight excluding hydrogens is 250 g/mol. The van der Waals surface area contributed by atoms with Crippen molar-refractivity contribution >= 4 is 16.2 Å². The standard InChI is InChI=1S/C9H17NO6S/c1-9(2,3)15-8(11)10-5-7(6-14-10)16-17(4,12)13/h7H,5-6H2,1-4H3. The predicted octanol–water partition coefficient (Wildman–Crippen LogP) is 0.514. The first-order valence-electron chi connectivity index (χ1n) is 5.08. The van der Waals surface area contributed by atoms with E-state index in [2.05, 4.69) is 0 Å². The lowest BCUT2D eigenvalue weighted by molar-refractivity contribution is -0.107. The molecule has 1 fully saturated rings. The smallest absolute Gasteiger partial charge is 0.434 e. The highest BCUT2D eigenvalue weighted by molar-refractivity contribution is 7.86. The van der Waals surface area contributed by atoms with Crippen molar-refractivity contribution in [2.75, 3.05) is 19.4 Å². The van der Waals surface area contributed by atoms with E-state index in [1.54, 1.807) is 20.8 Å². The van der Waals surface area contributed by atoms with Crippen LogP contribution in [0.1, 0.15) is 20.8 Å². The Bertz CT molecular complexity index is 385. The van der Waals surface area contributed by atoms with Crippen molar-refractivity contribution in [3.8, 4) is 0 Å². The predicted molar refractivity (Wildman–Crippen MR) is 58.6 cm³/mol. The summed E-state index contributed by atoms with van der Waals surface area (Å²) in [6.45, 7) is 5.22. The molecule has 1 aliphatic rings. The lowest BCUT2D eigenvalue weighted by Crippen LogP contribution is -2.35. The minimum atomic E-state index is -3.55. The molecule has 0 N–H and O–H groups in total. The van der Waals surface area contributed by atoms with Crippen molar-refractivity contribution in [1.29, 1.82) is 0 Å². The molecule has 0 aromatic heterocycles. The Kier molecular flexibility index (Phi) is 4.00. The zero-order valence-corrected chi connectivity index (χ0v) is 11.1. The van der Waals surface area contributed by atoms with Crippen LogP contribution in [0.3, 0.4) is 0 Å². The average Bonchev–Trinajstić information content (AvgIpc) is 2.45. The van der Waals surface area contributed by atoms with Crippen LogP contribution in [0.25, 0.3) is 0 Å².